The summed E-state index contributed by atoms with van der Waals surface area (Å²) in [6, 6.07) is 20.2. The normalized spacial score (nSPS) is 12.2. The molecule has 0 aliphatic heterocycles. The first-order chi connectivity index (χ1) is 14.7. The van der Waals surface area contributed by atoms with Crippen molar-refractivity contribution < 1.29 is 9.15 Å². The quantitative estimate of drug-likeness (QED) is 0.373. The van der Waals surface area contributed by atoms with Gasteiger partial charge in [0.2, 0.25) is 0 Å². The fourth-order valence-corrected chi connectivity index (χ4v) is 4.53. The van der Waals surface area contributed by atoms with Crippen LogP contribution in [0.25, 0.3) is 11.0 Å². The minimum absolute atomic E-state index is 0.0567. The second-order valence-corrected chi connectivity index (χ2v) is 8.25. The fourth-order valence-electron chi connectivity index (χ4n) is 3.70. The summed E-state index contributed by atoms with van der Waals surface area (Å²) >= 11 is 1.73. The van der Waals surface area contributed by atoms with Gasteiger partial charge in [-0.15, -0.1) is 11.3 Å². The number of rotatable bonds is 8. The van der Waals surface area contributed by atoms with Crippen molar-refractivity contribution in [2.45, 2.75) is 32.4 Å². The van der Waals surface area contributed by atoms with E-state index in [1.165, 1.54) is 16.0 Å². The Morgan fingerprint density at radius 3 is 2.63 bits per heavy atom. The number of thiophene rings is 1. The van der Waals surface area contributed by atoms with E-state index in [9.17, 15) is 4.79 Å². The van der Waals surface area contributed by atoms with E-state index in [2.05, 4.69) is 54.0 Å². The van der Waals surface area contributed by atoms with Crippen LogP contribution in [0.2, 0.25) is 0 Å². The molecule has 4 nitrogen and oxygen atoms in total. The minimum atomic E-state index is -0.357. The van der Waals surface area contributed by atoms with Crippen molar-refractivity contribution in [2.75, 3.05) is 7.11 Å². The summed E-state index contributed by atoms with van der Waals surface area (Å²) < 4.78 is 10.6. The monoisotopic (exact) mass is 419 g/mol. The molecule has 0 saturated heterocycles. The van der Waals surface area contributed by atoms with Crippen molar-refractivity contribution in [3.05, 3.63) is 98.0 Å². The summed E-state index contributed by atoms with van der Waals surface area (Å²) in [5, 5.41) is 6.65. The first-order valence-electron chi connectivity index (χ1n) is 10.1. The Balaban J connectivity index is 1.64. The van der Waals surface area contributed by atoms with Crippen LogP contribution in [0.15, 0.2) is 75.3 Å². The van der Waals surface area contributed by atoms with Gasteiger partial charge in [-0.2, -0.15) is 0 Å². The van der Waals surface area contributed by atoms with E-state index in [0.29, 0.717) is 17.9 Å². The lowest BCUT2D eigenvalue weighted by Gasteiger charge is -2.19. The van der Waals surface area contributed by atoms with Crippen molar-refractivity contribution in [1.29, 1.82) is 0 Å². The van der Waals surface area contributed by atoms with E-state index in [1.807, 2.05) is 12.1 Å². The fraction of sp³-hybridized carbons (Fsp3) is 0.240. The molecule has 0 bridgehead atoms. The molecule has 1 N–H and O–H groups in total. The molecule has 0 saturated carbocycles. The van der Waals surface area contributed by atoms with Gasteiger partial charge in [0, 0.05) is 28.9 Å². The Morgan fingerprint density at radius 1 is 1.10 bits per heavy atom. The molecule has 2 aromatic carbocycles. The smallest absolute Gasteiger partial charge is 0.336 e. The van der Waals surface area contributed by atoms with Crippen molar-refractivity contribution in [3.63, 3.8) is 0 Å². The molecule has 0 fully saturated rings. The Hall–Kier alpha value is -2.89. The number of fused-ring (bicyclic) bond motifs is 1. The topological polar surface area (TPSA) is 51.5 Å². The zero-order chi connectivity index (χ0) is 20.9. The molecule has 0 spiro atoms. The van der Waals surface area contributed by atoms with Gasteiger partial charge in [-0.1, -0.05) is 43.7 Å². The first-order valence-corrected chi connectivity index (χ1v) is 11.0. The standard InChI is InChI=1S/C25H25NO3S/c1-3-5-17-7-9-18(10-8-17)25(23-6-4-13-30-23)26-16-19-14-24(27)29-22-15-20(28-2)11-12-21(19)22/h4,6-15,25-26H,3,5,16H2,1-2H3/t25-/m0/s1. The number of benzene rings is 2. The molecule has 0 radical (unpaired) electrons. The van der Waals surface area contributed by atoms with Crippen LogP contribution >= 0.6 is 11.3 Å². The molecule has 1 atom stereocenters. The van der Waals surface area contributed by atoms with Gasteiger partial charge in [0.25, 0.3) is 0 Å². The zero-order valence-corrected chi connectivity index (χ0v) is 18.0. The van der Waals surface area contributed by atoms with Crippen LogP contribution in [0.3, 0.4) is 0 Å². The van der Waals surface area contributed by atoms with Crippen LogP contribution in [-0.4, -0.2) is 7.11 Å². The molecule has 5 heteroatoms. The molecular formula is C25H25NO3S. The SMILES string of the molecule is CCCc1ccc([C@H](NCc2cc(=O)oc3cc(OC)ccc23)c2cccs2)cc1. The first kappa shape index (κ1) is 20.4. The summed E-state index contributed by atoms with van der Waals surface area (Å²) in [6.45, 7) is 2.74. The van der Waals surface area contributed by atoms with Crippen molar-refractivity contribution in [2.24, 2.45) is 0 Å². The van der Waals surface area contributed by atoms with E-state index in [1.54, 1.807) is 30.6 Å². The molecule has 2 heterocycles. The summed E-state index contributed by atoms with van der Waals surface area (Å²) in [4.78, 5) is 13.4. The number of aryl methyl sites for hydroxylation is 1. The largest absolute Gasteiger partial charge is 0.497 e. The molecule has 0 amide bonds. The molecule has 0 aliphatic rings. The number of hydrogen-bond donors (Lipinski definition) is 1. The highest BCUT2D eigenvalue weighted by atomic mass is 32.1. The summed E-state index contributed by atoms with van der Waals surface area (Å²) in [5.41, 5.74) is 3.66. The van der Waals surface area contributed by atoms with E-state index in [0.717, 1.165) is 23.8 Å². The molecule has 2 aromatic heterocycles. The van der Waals surface area contributed by atoms with E-state index >= 15 is 0 Å². The van der Waals surface area contributed by atoms with Crippen LogP contribution in [-0.2, 0) is 13.0 Å². The number of nitrogens with one attached hydrogen (secondary N) is 1. The van der Waals surface area contributed by atoms with Crippen LogP contribution in [0.4, 0.5) is 0 Å². The molecule has 4 rings (SSSR count). The summed E-state index contributed by atoms with van der Waals surface area (Å²) in [6.07, 6.45) is 2.23. The Kier molecular flexibility index (Phi) is 6.31. The summed E-state index contributed by atoms with van der Waals surface area (Å²) in [7, 11) is 1.60. The van der Waals surface area contributed by atoms with Crippen LogP contribution in [0.1, 0.15) is 41.0 Å². The van der Waals surface area contributed by atoms with Crippen molar-refractivity contribution in [1.82, 2.24) is 5.32 Å². The maximum absolute atomic E-state index is 12.1. The van der Waals surface area contributed by atoms with Gasteiger partial charge in [-0.25, -0.2) is 4.79 Å². The second-order valence-electron chi connectivity index (χ2n) is 7.27. The third kappa shape index (κ3) is 4.48. The molecule has 154 valence electrons. The summed E-state index contributed by atoms with van der Waals surface area (Å²) in [5.74, 6) is 0.666. The van der Waals surface area contributed by atoms with Gasteiger partial charge in [-0.05, 0) is 46.7 Å². The van der Waals surface area contributed by atoms with Gasteiger partial charge in [-0.3, -0.25) is 0 Å². The van der Waals surface area contributed by atoms with Gasteiger partial charge < -0.3 is 14.5 Å². The molecular weight excluding hydrogens is 394 g/mol. The van der Waals surface area contributed by atoms with Crippen LogP contribution in [0.5, 0.6) is 5.75 Å². The lowest BCUT2D eigenvalue weighted by Crippen LogP contribution is -2.22. The van der Waals surface area contributed by atoms with Crippen molar-refractivity contribution in [3.8, 4) is 5.75 Å². The molecule has 0 aliphatic carbocycles. The van der Waals surface area contributed by atoms with E-state index < -0.39 is 0 Å². The molecule has 30 heavy (non-hydrogen) atoms. The van der Waals surface area contributed by atoms with Crippen LogP contribution in [0, 0.1) is 0 Å². The minimum Gasteiger partial charge on any atom is -0.497 e. The highest BCUT2D eigenvalue weighted by molar-refractivity contribution is 7.10. The third-order valence-corrected chi connectivity index (χ3v) is 6.15. The highest BCUT2D eigenvalue weighted by Gasteiger charge is 2.16. The van der Waals surface area contributed by atoms with Crippen LogP contribution < -0.4 is 15.7 Å². The lowest BCUT2D eigenvalue weighted by molar-refractivity contribution is 0.414. The Labute approximate surface area is 180 Å². The maximum Gasteiger partial charge on any atom is 0.336 e. The third-order valence-electron chi connectivity index (χ3n) is 5.21. The predicted molar refractivity (Wildman–Crippen MR) is 122 cm³/mol. The Bertz CT molecular complexity index is 1160. The highest BCUT2D eigenvalue weighted by Crippen LogP contribution is 2.28. The number of ether oxygens (including phenoxy) is 1. The van der Waals surface area contributed by atoms with Gasteiger partial charge >= 0.3 is 5.63 Å². The van der Waals surface area contributed by atoms with Gasteiger partial charge in [0.05, 0.1) is 13.2 Å². The predicted octanol–water partition coefficient (Wildman–Crippen LogP) is 5.69. The van der Waals surface area contributed by atoms with E-state index in [-0.39, 0.29) is 11.7 Å². The molecule has 4 aromatic rings. The molecule has 0 unspecified atom stereocenters. The Morgan fingerprint density at radius 2 is 1.93 bits per heavy atom. The second kappa shape index (κ2) is 9.28. The van der Waals surface area contributed by atoms with Crippen molar-refractivity contribution >= 4 is 22.3 Å². The number of methoxy groups -OCH3 is 1. The van der Waals surface area contributed by atoms with E-state index in [4.69, 9.17) is 9.15 Å². The maximum atomic E-state index is 12.1. The van der Waals surface area contributed by atoms with Gasteiger partial charge in [0.15, 0.2) is 0 Å². The zero-order valence-electron chi connectivity index (χ0n) is 17.2. The average Bonchev–Trinajstić information content (AvgIpc) is 3.29. The average molecular weight is 420 g/mol. The number of hydrogen-bond acceptors (Lipinski definition) is 5. The lowest BCUT2D eigenvalue weighted by atomic mass is 10.0. The van der Waals surface area contributed by atoms with Gasteiger partial charge in [0.1, 0.15) is 11.3 Å².